The molecule has 1 aromatic carbocycles. The Kier molecular flexibility index (Phi) is 2.03. The molecule has 3 rings (SSSR count). The summed E-state index contributed by atoms with van der Waals surface area (Å²) >= 11 is 0. The van der Waals surface area contributed by atoms with Gasteiger partial charge in [-0.1, -0.05) is 12.1 Å². The lowest BCUT2D eigenvalue weighted by Gasteiger charge is -2.08. The van der Waals surface area contributed by atoms with E-state index in [9.17, 15) is 18.0 Å². The van der Waals surface area contributed by atoms with E-state index in [0.717, 1.165) is 17.7 Å². The Bertz CT molecular complexity index is 464. The first-order valence-corrected chi connectivity index (χ1v) is 5.32. The van der Waals surface area contributed by atoms with Gasteiger partial charge in [0.1, 0.15) is 0 Å². The monoisotopic (exact) mass is 242 g/mol. The number of halogens is 3. The van der Waals surface area contributed by atoms with Crippen LogP contribution in [0.4, 0.5) is 13.2 Å². The second-order valence-electron chi connectivity index (χ2n) is 4.47. The van der Waals surface area contributed by atoms with Gasteiger partial charge in [0.05, 0.1) is 18.1 Å². The summed E-state index contributed by atoms with van der Waals surface area (Å²) in [5.74, 6) is -0.135. The molecule has 1 aliphatic heterocycles. The van der Waals surface area contributed by atoms with Crippen molar-refractivity contribution in [2.24, 2.45) is 11.8 Å². The third-order valence-corrected chi connectivity index (χ3v) is 3.48. The third-order valence-electron chi connectivity index (χ3n) is 3.48. The maximum absolute atomic E-state index is 12.4. The normalized spacial score (nSPS) is 31.0. The Labute approximate surface area is 95.4 Å². The zero-order chi connectivity index (χ0) is 12.2. The molecule has 2 aliphatic rings. The average molecular weight is 242 g/mol. The van der Waals surface area contributed by atoms with Gasteiger partial charge in [-0.25, -0.2) is 0 Å². The molecule has 5 heteroatoms. The highest BCUT2D eigenvalue weighted by Crippen LogP contribution is 2.58. The number of hydrogen-bond acceptors (Lipinski definition) is 2. The molecule has 3 unspecified atom stereocenters. The topological polar surface area (TPSA) is 26.3 Å². The van der Waals surface area contributed by atoms with Gasteiger partial charge in [-0.3, -0.25) is 4.79 Å². The molecule has 3 atom stereocenters. The summed E-state index contributed by atoms with van der Waals surface area (Å²) in [6, 6.07) is 5.04. The van der Waals surface area contributed by atoms with Crippen molar-refractivity contribution in [1.29, 1.82) is 0 Å². The van der Waals surface area contributed by atoms with Gasteiger partial charge in [-0.15, -0.1) is 0 Å². The number of rotatable bonds is 1. The molecule has 0 spiro atoms. The van der Waals surface area contributed by atoms with Crippen molar-refractivity contribution in [3.63, 3.8) is 0 Å². The molecule has 0 amide bonds. The fourth-order valence-corrected chi connectivity index (χ4v) is 2.53. The van der Waals surface area contributed by atoms with E-state index < -0.39 is 11.7 Å². The van der Waals surface area contributed by atoms with Crippen molar-refractivity contribution in [2.45, 2.75) is 12.1 Å². The second-order valence-corrected chi connectivity index (χ2v) is 4.47. The van der Waals surface area contributed by atoms with Crippen molar-refractivity contribution < 1.29 is 22.7 Å². The van der Waals surface area contributed by atoms with E-state index in [2.05, 4.69) is 0 Å². The first-order valence-electron chi connectivity index (χ1n) is 5.32. The number of alkyl halides is 3. The van der Waals surface area contributed by atoms with E-state index in [-0.39, 0.29) is 23.7 Å². The molecular formula is C12H9F3O2. The van der Waals surface area contributed by atoms with Crippen LogP contribution in [-0.2, 0) is 15.7 Å². The Morgan fingerprint density at radius 2 is 1.76 bits per heavy atom. The molecule has 1 aliphatic carbocycles. The highest BCUT2D eigenvalue weighted by Gasteiger charge is 2.61. The molecule has 1 saturated heterocycles. The third kappa shape index (κ3) is 1.61. The standard InChI is InChI=1S/C12H9F3O2/c13-12(14,15)7-3-1-6(2-4-7)9-8-5-17-11(16)10(8)9/h1-4,8-10H,5H2. The summed E-state index contributed by atoms with van der Waals surface area (Å²) < 4.78 is 41.9. The number of esters is 1. The molecule has 1 saturated carbocycles. The van der Waals surface area contributed by atoms with Crippen LogP contribution < -0.4 is 0 Å². The molecule has 2 fully saturated rings. The molecule has 2 nitrogen and oxygen atoms in total. The van der Waals surface area contributed by atoms with Gasteiger partial charge >= 0.3 is 12.1 Å². The van der Waals surface area contributed by atoms with Crippen molar-refractivity contribution in [3.05, 3.63) is 35.4 Å². The van der Waals surface area contributed by atoms with Gasteiger partial charge in [0, 0.05) is 11.8 Å². The molecule has 0 aromatic heterocycles. The van der Waals surface area contributed by atoms with Crippen molar-refractivity contribution >= 4 is 5.97 Å². The summed E-state index contributed by atoms with van der Waals surface area (Å²) in [4.78, 5) is 11.2. The highest BCUT2D eigenvalue weighted by molar-refractivity contribution is 5.80. The fraction of sp³-hybridized carbons (Fsp3) is 0.417. The summed E-state index contributed by atoms with van der Waals surface area (Å²) in [6.45, 7) is 0.398. The molecule has 0 bridgehead atoms. The van der Waals surface area contributed by atoms with Crippen LogP contribution in [0.15, 0.2) is 24.3 Å². The number of carbonyl (C=O) groups excluding carboxylic acids is 1. The first-order chi connectivity index (χ1) is 7.98. The van der Waals surface area contributed by atoms with Gasteiger partial charge in [0.15, 0.2) is 0 Å². The fourth-order valence-electron chi connectivity index (χ4n) is 2.53. The van der Waals surface area contributed by atoms with Crippen LogP contribution in [0.2, 0.25) is 0 Å². The number of carbonyl (C=O) groups is 1. The van der Waals surface area contributed by atoms with Crippen LogP contribution in [0.3, 0.4) is 0 Å². The first kappa shape index (κ1) is 10.6. The van der Waals surface area contributed by atoms with Crippen LogP contribution in [0.5, 0.6) is 0 Å². The molecule has 1 aromatic rings. The van der Waals surface area contributed by atoms with E-state index >= 15 is 0 Å². The predicted molar refractivity (Wildman–Crippen MR) is 52.1 cm³/mol. The quantitative estimate of drug-likeness (QED) is 0.707. The second kappa shape index (κ2) is 3.24. The summed E-state index contributed by atoms with van der Waals surface area (Å²) in [5.41, 5.74) is 0.138. The van der Waals surface area contributed by atoms with Gasteiger partial charge < -0.3 is 4.74 Å². The number of ether oxygens (including phenoxy) is 1. The minimum Gasteiger partial charge on any atom is -0.465 e. The minimum atomic E-state index is -4.31. The van der Waals surface area contributed by atoms with Crippen LogP contribution in [0.1, 0.15) is 17.0 Å². The maximum Gasteiger partial charge on any atom is 0.416 e. The molecule has 0 radical (unpaired) electrons. The number of fused-ring (bicyclic) bond motifs is 1. The number of benzene rings is 1. The molecule has 0 N–H and O–H groups in total. The van der Waals surface area contributed by atoms with Gasteiger partial charge in [0.25, 0.3) is 0 Å². The Morgan fingerprint density at radius 1 is 1.12 bits per heavy atom. The smallest absolute Gasteiger partial charge is 0.416 e. The summed E-state index contributed by atoms with van der Waals surface area (Å²) in [5, 5.41) is 0. The van der Waals surface area contributed by atoms with Crippen LogP contribution in [-0.4, -0.2) is 12.6 Å². The van der Waals surface area contributed by atoms with Crippen molar-refractivity contribution in [2.75, 3.05) is 6.61 Å². The number of hydrogen-bond donors (Lipinski definition) is 0. The molecule has 90 valence electrons. The van der Waals surface area contributed by atoms with E-state index in [0.29, 0.717) is 6.61 Å². The SMILES string of the molecule is O=C1OCC2C1C2c1ccc(C(F)(F)F)cc1. The predicted octanol–water partition coefficient (Wildman–Crippen LogP) is 2.59. The lowest BCUT2D eigenvalue weighted by atomic mass is 10.1. The zero-order valence-corrected chi connectivity index (χ0v) is 8.70. The summed E-state index contributed by atoms with van der Waals surface area (Å²) in [7, 11) is 0. The lowest BCUT2D eigenvalue weighted by Crippen LogP contribution is -2.06. The van der Waals surface area contributed by atoms with Gasteiger partial charge in [-0.2, -0.15) is 13.2 Å². The van der Waals surface area contributed by atoms with Crippen LogP contribution in [0.25, 0.3) is 0 Å². The van der Waals surface area contributed by atoms with E-state index in [1.807, 2.05) is 0 Å². The molecular weight excluding hydrogens is 233 g/mol. The Hall–Kier alpha value is -1.52. The van der Waals surface area contributed by atoms with E-state index in [4.69, 9.17) is 4.74 Å². The largest absolute Gasteiger partial charge is 0.465 e. The van der Waals surface area contributed by atoms with Crippen molar-refractivity contribution in [1.82, 2.24) is 0 Å². The van der Waals surface area contributed by atoms with Gasteiger partial charge in [-0.05, 0) is 17.7 Å². The van der Waals surface area contributed by atoms with E-state index in [1.165, 1.54) is 12.1 Å². The van der Waals surface area contributed by atoms with Crippen LogP contribution in [0, 0.1) is 11.8 Å². The molecule has 1 heterocycles. The highest BCUT2D eigenvalue weighted by atomic mass is 19.4. The van der Waals surface area contributed by atoms with Crippen molar-refractivity contribution in [3.8, 4) is 0 Å². The minimum absolute atomic E-state index is 0.0542. The number of cyclic esters (lactones) is 1. The Morgan fingerprint density at radius 3 is 2.24 bits per heavy atom. The average Bonchev–Trinajstić information content (AvgIpc) is 2.88. The Balaban J connectivity index is 1.81. The summed E-state index contributed by atoms with van der Waals surface area (Å²) in [6.07, 6.45) is -4.31. The lowest BCUT2D eigenvalue weighted by molar-refractivity contribution is -0.141. The van der Waals surface area contributed by atoms with E-state index in [1.54, 1.807) is 0 Å². The van der Waals surface area contributed by atoms with Crippen LogP contribution >= 0.6 is 0 Å². The van der Waals surface area contributed by atoms with Gasteiger partial charge in [0.2, 0.25) is 0 Å². The zero-order valence-electron chi connectivity index (χ0n) is 8.70. The maximum atomic E-state index is 12.4. The molecule has 17 heavy (non-hydrogen) atoms.